The molecule has 0 aliphatic carbocycles. The third-order valence-electron chi connectivity index (χ3n) is 2.05. The van der Waals surface area contributed by atoms with E-state index in [4.69, 9.17) is 4.52 Å². The predicted molar refractivity (Wildman–Crippen MR) is 63.3 cm³/mol. The van der Waals surface area contributed by atoms with Gasteiger partial charge in [0.2, 0.25) is 0 Å². The molecule has 0 fully saturated rings. The minimum absolute atomic E-state index is 0.272. The topological polar surface area (TPSA) is 56.7 Å². The molecular formula is C9H11IN4O. The van der Waals surface area contributed by atoms with Crippen LogP contribution in [0, 0.1) is 3.57 Å². The van der Waals surface area contributed by atoms with Crippen LogP contribution in [0.5, 0.6) is 0 Å². The van der Waals surface area contributed by atoms with Crippen molar-refractivity contribution in [3.8, 4) is 11.6 Å². The van der Waals surface area contributed by atoms with Gasteiger partial charge in [-0.05, 0) is 22.6 Å². The minimum Gasteiger partial charge on any atom is -0.332 e. The molecule has 0 aliphatic rings. The summed E-state index contributed by atoms with van der Waals surface area (Å²) in [5.74, 6) is 1.53. The quantitative estimate of drug-likeness (QED) is 0.797. The monoisotopic (exact) mass is 318 g/mol. The van der Waals surface area contributed by atoms with E-state index in [1.54, 1.807) is 10.9 Å². The van der Waals surface area contributed by atoms with Crippen LogP contribution in [0.4, 0.5) is 0 Å². The highest BCUT2D eigenvalue weighted by molar-refractivity contribution is 14.1. The average Bonchev–Trinajstić information content (AvgIpc) is 2.73. The lowest BCUT2D eigenvalue weighted by atomic mass is 10.2. The molecule has 0 radical (unpaired) electrons. The molecule has 0 unspecified atom stereocenters. The first-order valence-electron chi connectivity index (χ1n) is 4.61. The Balaban J connectivity index is 2.46. The number of hydrogen-bond acceptors (Lipinski definition) is 4. The third kappa shape index (κ3) is 1.90. The lowest BCUT2D eigenvalue weighted by Gasteiger charge is -1.95. The van der Waals surface area contributed by atoms with Crippen LogP contribution in [0.15, 0.2) is 10.7 Å². The predicted octanol–water partition coefficient (Wildman–Crippen LogP) is 2.20. The van der Waals surface area contributed by atoms with Crippen LogP contribution in [-0.2, 0) is 7.05 Å². The number of hydrogen-bond donors (Lipinski definition) is 0. The standard InChI is InChI=1S/C9H11IN4O/c1-5(2)8-12-9(15-13-8)7-6(10)4-11-14(7)3/h4-5H,1-3H3. The zero-order valence-electron chi connectivity index (χ0n) is 8.73. The Labute approximate surface area is 101 Å². The maximum Gasteiger partial charge on any atom is 0.277 e. The fourth-order valence-corrected chi connectivity index (χ4v) is 1.92. The second-order valence-corrected chi connectivity index (χ2v) is 4.74. The van der Waals surface area contributed by atoms with Crippen LogP contribution >= 0.6 is 22.6 Å². The Morgan fingerprint density at radius 2 is 2.20 bits per heavy atom. The van der Waals surface area contributed by atoms with E-state index < -0.39 is 0 Å². The van der Waals surface area contributed by atoms with Crippen molar-refractivity contribution in [1.82, 2.24) is 19.9 Å². The highest BCUT2D eigenvalue weighted by atomic mass is 127. The summed E-state index contributed by atoms with van der Waals surface area (Å²) in [6.07, 6.45) is 1.77. The molecule has 5 nitrogen and oxygen atoms in total. The van der Waals surface area contributed by atoms with Gasteiger partial charge in [-0.2, -0.15) is 10.1 Å². The molecule has 0 saturated carbocycles. The van der Waals surface area contributed by atoms with Crippen molar-refractivity contribution in [1.29, 1.82) is 0 Å². The average molecular weight is 318 g/mol. The van der Waals surface area contributed by atoms with E-state index in [1.807, 2.05) is 20.9 Å². The van der Waals surface area contributed by atoms with Crippen molar-refractivity contribution in [3.05, 3.63) is 15.6 Å². The van der Waals surface area contributed by atoms with Crippen LogP contribution in [0.2, 0.25) is 0 Å². The van der Waals surface area contributed by atoms with Crippen molar-refractivity contribution in [2.24, 2.45) is 7.05 Å². The lowest BCUT2D eigenvalue weighted by Crippen LogP contribution is -1.95. The smallest absolute Gasteiger partial charge is 0.277 e. The first-order valence-corrected chi connectivity index (χ1v) is 5.69. The molecule has 6 heteroatoms. The van der Waals surface area contributed by atoms with E-state index >= 15 is 0 Å². The van der Waals surface area contributed by atoms with Gasteiger partial charge in [-0.15, -0.1) is 0 Å². The molecule has 0 atom stereocenters. The molecule has 2 heterocycles. The molecule has 2 aromatic heterocycles. The first-order chi connectivity index (χ1) is 7.09. The number of halogens is 1. The van der Waals surface area contributed by atoms with Crippen LogP contribution in [-0.4, -0.2) is 19.9 Å². The number of aryl methyl sites for hydroxylation is 1. The third-order valence-corrected chi connectivity index (χ3v) is 2.84. The molecule has 0 aliphatic heterocycles. The summed E-state index contributed by atoms with van der Waals surface area (Å²) in [5, 5.41) is 8.05. The van der Waals surface area contributed by atoms with E-state index in [2.05, 4.69) is 37.8 Å². The Morgan fingerprint density at radius 1 is 1.47 bits per heavy atom. The van der Waals surface area contributed by atoms with Gasteiger partial charge in [-0.3, -0.25) is 4.68 Å². The largest absolute Gasteiger partial charge is 0.332 e. The number of nitrogens with zero attached hydrogens (tertiary/aromatic N) is 4. The summed E-state index contributed by atoms with van der Waals surface area (Å²) in [4.78, 5) is 4.33. The molecule has 0 amide bonds. The molecule has 0 aromatic carbocycles. The van der Waals surface area contributed by atoms with Gasteiger partial charge in [-0.1, -0.05) is 19.0 Å². The van der Waals surface area contributed by atoms with E-state index in [0.29, 0.717) is 5.89 Å². The summed E-state index contributed by atoms with van der Waals surface area (Å²) < 4.78 is 7.95. The maximum atomic E-state index is 5.21. The molecule has 2 rings (SSSR count). The molecular weight excluding hydrogens is 307 g/mol. The van der Waals surface area contributed by atoms with Crippen molar-refractivity contribution in [2.45, 2.75) is 19.8 Å². The highest BCUT2D eigenvalue weighted by Gasteiger charge is 2.17. The summed E-state index contributed by atoms with van der Waals surface area (Å²) in [6.45, 7) is 4.06. The maximum absolute atomic E-state index is 5.21. The van der Waals surface area contributed by atoms with Gasteiger partial charge in [-0.25, -0.2) is 0 Å². The van der Waals surface area contributed by atoms with E-state index in [1.165, 1.54) is 0 Å². The van der Waals surface area contributed by atoms with Crippen molar-refractivity contribution in [3.63, 3.8) is 0 Å². The van der Waals surface area contributed by atoms with Gasteiger partial charge >= 0.3 is 0 Å². The van der Waals surface area contributed by atoms with Crippen molar-refractivity contribution >= 4 is 22.6 Å². The van der Waals surface area contributed by atoms with Crippen LogP contribution in [0.3, 0.4) is 0 Å². The lowest BCUT2D eigenvalue weighted by molar-refractivity contribution is 0.416. The molecule has 15 heavy (non-hydrogen) atoms. The summed E-state index contributed by atoms with van der Waals surface area (Å²) in [5.41, 5.74) is 0.870. The van der Waals surface area contributed by atoms with E-state index in [9.17, 15) is 0 Å². The second-order valence-electron chi connectivity index (χ2n) is 3.58. The molecule has 2 aromatic rings. The molecule has 80 valence electrons. The zero-order chi connectivity index (χ0) is 11.0. The first kappa shape index (κ1) is 10.6. The fraction of sp³-hybridized carbons (Fsp3) is 0.444. The Bertz CT molecular complexity index is 455. The summed E-state index contributed by atoms with van der Waals surface area (Å²) in [6, 6.07) is 0. The van der Waals surface area contributed by atoms with Crippen LogP contribution in [0.1, 0.15) is 25.6 Å². The Hall–Kier alpha value is -0.920. The van der Waals surface area contributed by atoms with Gasteiger partial charge in [0.25, 0.3) is 5.89 Å². The van der Waals surface area contributed by atoms with E-state index in [-0.39, 0.29) is 5.92 Å². The second kappa shape index (κ2) is 3.92. The molecule has 0 bridgehead atoms. The Kier molecular flexibility index (Phi) is 2.76. The SMILES string of the molecule is CC(C)c1noc(-c2c(I)cnn2C)n1. The van der Waals surface area contributed by atoms with Gasteiger partial charge < -0.3 is 4.52 Å². The van der Waals surface area contributed by atoms with Crippen molar-refractivity contribution < 1.29 is 4.52 Å². The van der Waals surface area contributed by atoms with Gasteiger partial charge in [0.05, 0.1) is 9.77 Å². The summed E-state index contributed by atoms with van der Waals surface area (Å²) in [7, 11) is 1.86. The van der Waals surface area contributed by atoms with Crippen LogP contribution in [0.25, 0.3) is 11.6 Å². The zero-order valence-corrected chi connectivity index (χ0v) is 10.9. The minimum atomic E-state index is 0.272. The van der Waals surface area contributed by atoms with Gasteiger partial charge in [0.15, 0.2) is 5.82 Å². The highest BCUT2D eigenvalue weighted by Crippen LogP contribution is 2.23. The summed E-state index contributed by atoms with van der Waals surface area (Å²) >= 11 is 2.20. The molecule has 0 saturated heterocycles. The normalized spacial score (nSPS) is 11.3. The molecule has 0 spiro atoms. The van der Waals surface area contributed by atoms with Gasteiger partial charge in [0, 0.05) is 13.0 Å². The fourth-order valence-electron chi connectivity index (χ4n) is 1.22. The number of aromatic nitrogens is 4. The van der Waals surface area contributed by atoms with Crippen LogP contribution < -0.4 is 0 Å². The number of rotatable bonds is 2. The Morgan fingerprint density at radius 3 is 2.67 bits per heavy atom. The molecule has 0 N–H and O–H groups in total. The van der Waals surface area contributed by atoms with Gasteiger partial charge in [0.1, 0.15) is 5.69 Å². The van der Waals surface area contributed by atoms with Crippen molar-refractivity contribution in [2.75, 3.05) is 0 Å². The van der Waals surface area contributed by atoms with E-state index in [0.717, 1.165) is 15.1 Å².